The summed E-state index contributed by atoms with van der Waals surface area (Å²) in [6.45, 7) is 8.99. The summed E-state index contributed by atoms with van der Waals surface area (Å²) in [6, 6.07) is 0. The van der Waals surface area contributed by atoms with Gasteiger partial charge in [-0.3, -0.25) is 9.59 Å². The zero-order valence-corrected chi connectivity index (χ0v) is 23.3. The molecular formula is C30H58O4. The summed E-state index contributed by atoms with van der Waals surface area (Å²) in [7, 11) is 0. The van der Waals surface area contributed by atoms with Crippen molar-refractivity contribution in [1.29, 1.82) is 0 Å². The highest BCUT2D eigenvalue weighted by Gasteiger charge is 2.14. The van der Waals surface area contributed by atoms with Crippen molar-refractivity contribution in [3.8, 4) is 0 Å². The maximum atomic E-state index is 11.8. The molecule has 0 heterocycles. The summed E-state index contributed by atoms with van der Waals surface area (Å²) in [5.41, 5.74) is 0. The second kappa shape index (κ2) is 25.0. The van der Waals surface area contributed by atoms with Crippen LogP contribution in [-0.4, -0.2) is 24.6 Å². The molecule has 0 N–H and O–H groups in total. The molecule has 0 fully saturated rings. The Hall–Kier alpha value is -1.06. The Morgan fingerprint density at radius 1 is 0.559 bits per heavy atom. The number of ether oxygens (including phenoxy) is 2. The van der Waals surface area contributed by atoms with Crippen molar-refractivity contribution in [2.75, 3.05) is 6.61 Å². The Morgan fingerprint density at radius 3 is 1.44 bits per heavy atom. The lowest BCUT2D eigenvalue weighted by Gasteiger charge is -2.18. The maximum Gasteiger partial charge on any atom is 0.306 e. The fraction of sp³-hybridized carbons (Fsp3) is 0.933. The SMILES string of the molecule is CCCCCCCCCCCCCCCCCOC(=O)CCCCCC(=O)OC(C)C(C)CC. The summed E-state index contributed by atoms with van der Waals surface area (Å²) >= 11 is 0. The minimum absolute atomic E-state index is 0.0211. The van der Waals surface area contributed by atoms with Gasteiger partial charge in [-0.05, 0) is 32.1 Å². The molecule has 34 heavy (non-hydrogen) atoms. The first kappa shape index (κ1) is 32.9. The molecule has 0 amide bonds. The highest BCUT2D eigenvalue weighted by atomic mass is 16.5. The van der Waals surface area contributed by atoms with Crippen molar-refractivity contribution in [2.24, 2.45) is 5.92 Å². The zero-order chi connectivity index (χ0) is 25.3. The largest absolute Gasteiger partial charge is 0.466 e. The first-order valence-corrected chi connectivity index (χ1v) is 14.9. The van der Waals surface area contributed by atoms with Crippen LogP contribution in [0, 0.1) is 5.92 Å². The van der Waals surface area contributed by atoms with E-state index in [1.807, 2.05) is 6.92 Å². The lowest BCUT2D eigenvalue weighted by atomic mass is 10.0. The van der Waals surface area contributed by atoms with E-state index in [0.29, 0.717) is 25.4 Å². The summed E-state index contributed by atoms with van der Waals surface area (Å²) in [5, 5.41) is 0. The van der Waals surface area contributed by atoms with Crippen LogP contribution in [0.2, 0.25) is 0 Å². The smallest absolute Gasteiger partial charge is 0.306 e. The average Bonchev–Trinajstić information content (AvgIpc) is 2.82. The van der Waals surface area contributed by atoms with Gasteiger partial charge in [0, 0.05) is 12.8 Å². The molecule has 0 aliphatic carbocycles. The van der Waals surface area contributed by atoms with Crippen LogP contribution in [0.4, 0.5) is 0 Å². The van der Waals surface area contributed by atoms with Crippen LogP contribution in [0.5, 0.6) is 0 Å². The molecule has 0 aromatic carbocycles. The Bertz CT molecular complexity index is 463. The maximum absolute atomic E-state index is 11.8. The Labute approximate surface area is 212 Å². The third kappa shape index (κ3) is 22.7. The van der Waals surface area contributed by atoms with Crippen LogP contribution >= 0.6 is 0 Å². The Morgan fingerprint density at radius 2 is 0.971 bits per heavy atom. The number of rotatable bonds is 25. The van der Waals surface area contributed by atoms with Crippen LogP contribution in [0.15, 0.2) is 0 Å². The third-order valence-electron chi connectivity index (χ3n) is 7.04. The van der Waals surface area contributed by atoms with Gasteiger partial charge in [0.2, 0.25) is 0 Å². The summed E-state index contributed by atoms with van der Waals surface area (Å²) in [6.07, 6.45) is 24.4. The van der Waals surface area contributed by atoms with Crippen molar-refractivity contribution in [3.05, 3.63) is 0 Å². The number of unbranched alkanes of at least 4 members (excludes halogenated alkanes) is 16. The number of carbonyl (C=O) groups is 2. The molecule has 0 aromatic rings. The van der Waals surface area contributed by atoms with Crippen LogP contribution in [-0.2, 0) is 19.1 Å². The second-order valence-corrected chi connectivity index (χ2v) is 10.3. The monoisotopic (exact) mass is 482 g/mol. The molecule has 2 unspecified atom stereocenters. The number of hydrogen-bond acceptors (Lipinski definition) is 4. The van der Waals surface area contributed by atoms with Gasteiger partial charge in [0.15, 0.2) is 0 Å². The van der Waals surface area contributed by atoms with Crippen LogP contribution in [0.3, 0.4) is 0 Å². The van der Waals surface area contributed by atoms with Crippen LogP contribution in [0.1, 0.15) is 163 Å². The van der Waals surface area contributed by atoms with Crippen LogP contribution in [0.25, 0.3) is 0 Å². The zero-order valence-electron chi connectivity index (χ0n) is 23.3. The van der Waals surface area contributed by atoms with Gasteiger partial charge in [0.1, 0.15) is 6.10 Å². The molecule has 0 radical (unpaired) electrons. The quantitative estimate of drug-likeness (QED) is 0.0960. The molecule has 4 nitrogen and oxygen atoms in total. The van der Waals surface area contributed by atoms with Crippen molar-refractivity contribution in [3.63, 3.8) is 0 Å². The molecule has 0 rings (SSSR count). The van der Waals surface area contributed by atoms with Gasteiger partial charge in [-0.2, -0.15) is 0 Å². The minimum atomic E-state index is -0.122. The molecular weight excluding hydrogens is 424 g/mol. The minimum Gasteiger partial charge on any atom is -0.466 e. The molecule has 0 saturated heterocycles. The summed E-state index contributed by atoms with van der Waals surface area (Å²) < 4.78 is 10.8. The van der Waals surface area contributed by atoms with Gasteiger partial charge in [0.25, 0.3) is 0 Å². The predicted molar refractivity (Wildman–Crippen MR) is 144 cm³/mol. The lowest BCUT2D eigenvalue weighted by Crippen LogP contribution is -2.21. The molecule has 4 heteroatoms. The number of esters is 2. The number of carbonyl (C=O) groups excluding carboxylic acids is 2. The first-order chi connectivity index (χ1) is 16.5. The predicted octanol–water partition coefficient (Wildman–Crippen LogP) is 9.33. The van der Waals surface area contributed by atoms with Gasteiger partial charge >= 0.3 is 11.9 Å². The van der Waals surface area contributed by atoms with Gasteiger partial charge in [-0.1, -0.05) is 124 Å². The van der Waals surface area contributed by atoms with Gasteiger partial charge in [-0.15, -0.1) is 0 Å². The highest BCUT2D eigenvalue weighted by Crippen LogP contribution is 2.14. The van der Waals surface area contributed by atoms with E-state index < -0.39 is 0 Å². The highest BCUT2D eigenvalue weighted by molar-refractivity contribution is 5.70. The van der Waals surface area contributed by atoms with Gasteiger partial charge in [-0.25, -0.2) is 0 Å². The normalized spacial score (nSPS) is 12.9. The fourth-order valence-electron chi connectivity index (χ4n) is 4.16. The van der Waals surface area contributed by atoms with E-state index in [9.17, 15) is 9.59 Å². The second-order valence-electron chi connectivity index (χ2n) is 10.3. The summed E-state index contributed by atoms with van der Waals surface area (Å²) in [4.78, 5) is 23.7. The van der Waals surface area contributed by atoms with Gasteiger partial charge < -0.3 is 9.47 Å². The van der Waals surface area contributed by atoms with E-state index in [4.69, 9.17) is 9.47 Å². The molecule has 0 aliphatic heterocycles. The van der Waals surface area contributed by atoms with Gasteiger partial charge in [0.05, 0.1) is 6.61 Å². The van der Waals surface area contributed by atoms with E-state index in [0.717, 1.165) is 38.5 Å². The van der Waals surface area contributed by atoms with E-state index in [2.05, 4.69) is 20.8 Å². The van der Waals surface area contributed by atoms with E-state index in [-0.39, 0.29) is 18.0 Å². The van der Waals surface area contributed by atoms with Crippen molar-refractivity contribution in [1.82, 2.24) is 0 Å². The van der Waals surface area contributed by atoms with E-state index in [1.165, 1.54) is 83.5 Å². The molecule has 0 aromatic heterocycles. The third-order valence-corrected chi connectivity index (χ3v) is 7.04. The molecule has 0 saturated carbocycles. The standard InChI is InChI=1S/C30H58O4/c1-5-7-8-9-10-11-12-13-14-15-16-17-18-19-23-26-33-29(31)24-21-20-22-25-30(32)34-28(4)27(3)6-2/h27-28H,5-26H2,1-4H3. The van der Waals surface area contributed by atoms with Crippen molar-refractivity contribution in [2.45, 2.75) is 169 Å². The molecule has 0 aliphatic rings. The Kier molecular flexibility index (Phi) is 24.3. The van der Waals surface area contributed by atoms with E-state index >= 15 is 0 Å². The van der Waals surface area contributed by atoms with E-state index in [1.54, 1.807) is 0 Å². The summed E-state index contributed by atoms with van der Waals surface area (Å²) in [5.74, 6) is 0.171. The Balaban J connectivity index is 3.32. The fourth-order valence-corrected chi connectivity index (χ4v) is 4.16. The number of hydrogen-bond donors (Lipinski definition) is 0. The average molecular weight is 483 g/mol. The molecule has 202 valence electrons. The topological polar surface area (TPSA) is 52.6 Å². The first-order valence-electron chi connectivity index (χ1n) is 14.9. The molecule has 2 atom stereocenters. The molecule has 0 bridgehead atoms. The lowest BCUT2D eigenvalue weighted by molar-refractivity contribution is -0.150. The van der Waals surface area contributed by atoms with Crippen molar-refractivity contribution >= 4 is 11.9 Å². The van der Waals surface area contributed by atoms with Crippen LogP contribution < -0.4 is 0 Å². The molecule has 0 spiro atoms. The van der Waals surface area contributed by atoms with Crippen molar-refractivity contribution < 1.29 is 19.1 Å².